The average molecular weight is 279 g/mol. The van der Waals surface area contributed by atoms with E-state index < -0.39 is 18.1 Å². The SMILES string of the molecule is CC(C)Cc1ccc(C(O)C(C)NC(C)C(=O)O)cc1. The van der Waals surface area contributed by atoms with Crippen LogP contribution in [-0.2, 0) is 11.2 Å². The van der Waals surface area contributed by atoms with Crippen LogP contribution in [-0.4, -0.2) is 28.3 Å². The van der Waals surface area contributed by atoms with E-state index in [1.54, 1.807) is 13.8 Å². The normalized spacial score (nSPS) is 15.9. The van der Waals surface area contributed by atoms with Crippen LogP contribution in [0, 0.1) is 5.92 Å². The lowest BCUT2D eigenvalue weighted by Gasteiger charge is -2.23. The first kappa shape index (κ1) is 16.7. The van der Waals surface area contributed by atoms with Crippen molar-refractivity contribution in [3.8, 4) is 0 Å². The Morgan fingerprint density at radius 1 is 1.15 bits per heavy atom. The highest BCUT2D eigenvalue weighted by atomic mass is 16.4. The highest BCUT2D eigenvalue weighted by Crippen LogP contribution is 2.19. The van der Waals surface area contributed by atoms with Gasteiger partial charge in [-0.05, 0) is 37.3 Å². The maximum Gasteiger partial charge on any atom is 0.320 e. The van der Waals surface area contributed by atoms with Crippen molar-refractivity contribution in [2.75, 3.05) is 0 Å². The van der Waals surface area contributed by atoms with Crippen molar-refractivity contribution < 1.29 is 15.0 Å². The standard InChI is InChI=1S/C16H25NO3/c1-10(2)9-13-5-7-14(8-6-13)15(18)11(3)17-12(4)16(19)20/h5-8,10-12,15,17-18H,9H2,1-4H3,(H,19,20). The minimum Gasteiger partial charge on any atom is -0.480 e. The predicted octanol–water partition coefficient (Wildman–Crippen LogP) is 2.37. The Morgan fingerprint density at radius 2 is 1.70 bits per heavy atom. The molecule has 1 aromatic carbocycles. The van der Waals surface area contributed by atoms with Crippen LogP contribution in [0.2, 0.25) is 0 Å². The molecule has 112 valence electrons. The van der Waals surface area contributed by atoms with E-state index in [1.807, 2.05) is 24.3 Å². The van der Waals surface area contributed by atoms with E-state index in [-0.39, 0.29) is 6.04 Å². The fourth-order valence-corrected chi connectivity index (χ4v) is 2.17. The molecule has 1 aromatic rings. The highest BCUT2D eigenvalue weighted by molar-refractivity contribution is 5.72. The van der Waals surface area contributed by atoms with Crippen LogP contribution < -0.4 is 5.32 Å². The first-order valence-electron chi connectivity index (χ1n) is 7.07. The smallest absolute Gasteiger partial charge is 0.320 e. The van der Waals surface area contributed by atoms with E-state index in [4.69, 9.17) is 5.11 Å². The van der Waals surface area contributed by atoms with E-state index >= 15 is 0 Å². The molecule has 0 heterocycles. The van der Waals surface area contributed by atoms with E-state index in [9.17, 15) is 9.90 Å². The fourth-order valence-electron chi connectivity index (χ4n) is 2.17. The zero-order valence-electron chi connectivity index (χ0n) is 12.6. The summed E-state index contributed by atoms with van der Waals surface area (Å²) in [5.41, 5.74) is 2.05. The third-order valence-corrected chi connectivity index (χ3v) is 3.32. The van der Waals surface area contributed by atoms with E-state index in [0.717, 1.165) is 12.0 Å². The molecule has 20 heavy (non-hydrogen) atoms. The van der Waals surface area contributed by atoms with Gasteiger partial charge in [0, 0.05) is 6.04 Å². The van der Waals surface area contributed by atoms with Gasteiger partial charge in [0.1, 0.15) is 6.04 Å². The molecule has 0 aliphatic rings. The molecule has 0 aliphatic carbocycles. The van der Waals surface area contributed by atoms with E-state index in [2.05, 4.69) is 19.2 Å². The summed E-state index contributed by atoms with van der Waals surface area (Å²) in [5.74, 6) is -0.320. The largest absolute Gasteiger partial charge is 0.480 e. The van der Waals surface area contributed by atoms with Crippen LogP contribution in [0.25, 0.3) is 0 Å². The quantitative estimate of drug-likeness (QED) is 0.716. The van der Waals surface area contributed by atoms with Crippen LogP contribution in [0.3, 0.4) is 0 Å². The Kier molecular flexibility index (Phi) is 6.17. The molecule has 0 saturated carbocycles. The van der Waals surface area contributed by atoms with Crippen LogP contribution >= 0.6 is 0 Å². The zero-order valence-corrected chi connectivity index (χ0v) is 12.6. The average Bonchev–Trinajstić information content (AvgIpc) is 2.37. The van der Waals surface area contributed by atoms with Gasteiger partial charge < -0.3 is 10.2 Å². The molecule has 0 spiro atoms. The second-order valence-corrected chi connectivity index (χ2v) is 5.80. The molecule has 0 radical (unpaired) electrons. The highest BCUT2D eigenvalue weighted by Gasteiger charge is 2.20. The molecule has 1 rings (SSSR count). The maximum atomic E-state index is 10.8. The molecule has 0 aliphatic heterocycles. The van der Waals surface area contributed by atoms with Gasteiger partial charge in [-0.15, -0.1) is 0 Å². The van der Waals surface area contributed by atoms with Crippen molar-refractivity contribution in [1.29, 1.82) is 0 Å². The minimum atomic E-state index is -0.920. The van der Waals surface area contributed by atoms with Gasteiger partial charge in [0.2, 0.25) is 0 Å². The van der Waals surface area contributed by atoms with Gasteiger partial charge in [-0.3, -0.25) is 10.1 Å². The number of nitrogens with one attached hydrogen (secondary N) is 1. The number of carbonyl (C=O) groups is 1. The first-order valence-corrected chi connectivity index (χ1v) is 7.07. The second kappa shape index (κ2) is 7.41. The van der Waals surface area contributed by atoms with Gasteiger partial charge >= 0.3 is 5.97 Å². The number of hydrogen-bond acceptors (Lipinski definition) is 3. The number of rotatable bonds is 7. The van der Waals surface area contributed by atoms with Gasteiger partial charge in [-0.1, -0.05) is 38.1 Å². The zero-order chi connectivity index (χ0) is 15.3. The molecule has 0 amide bonds. The summed E-state index contributed by atoms with van der Waals surface area (Å²) >= 11 is 0. The Bertz CT molecular complexity index is 428. The summed E-state index contributed by atoms with van der Waals surface area (Å²) in [7, 11) is 0. The first-order chi connectivity index (χ1) is 9.31. The number of carboxylic acids is 1. The Morgan fingerprint density at radius 3 is 2.15 bits per heavy atom. The summed E-state index contributed by atoms with van der Waals surface area (Å²) in [6, 6.07) is 6.85. The summed E-state index contributed by atoms with van der Waals surface area (Å²) in [6.45, 7) is 7.69. The number of aliphatic hydroxyl groups excluding tert-OH is 1. The summed E-state index contributed by atoms with van der Waals surface area (Å²) in [4.78, 5) is 10.8. The van der Waals surface area contributed by atoms with Gasteiger partial charge in [0.15, 0.2) is 0 Å². The Hall–Kier alpha value is -1.39. The Labute approximate surface area is 120 Å². The van der Waals surface area contributed by atoms with Gasteiger partial charge in [-0.25, -0.2) is 0 Å². The Balaban J connectivity index is 2.66. The summed E-state index contributed by atoms with van der Waals surface area (Å²) < 4.78 is 0. The van der Waals surface area contributed by atoms with Crippen molar-refractivity contribution in [2.24, 2.45) is 5.92 Å². The van der Waals surface area contributed by atoms with Crippen LogP contribution in [0.1, 0.15) is 44.9 Å². The number of aliphatic carboxylic acids is 1. The topological polar surface area (TPSA) is 69.6 Å². The van der Waals surface area contributed by atoms with Crippen molar-refractivity contribution in [3.05, 3.63) is 35.4 Å². The van der Waals surface area contributed by atoms with Gasteiger partial charge in [-0.2, -0.15) is 0 Å². The van der Waals surface area contributed by atoms with Crippen LogP contribution in [0.5, 0.6) is 0 Å². The molecular formula is C16H25NO3. The third-order valence-electron chi connectivity index (χ3n) is 3.32. The lowest BCUT2D eigenvalue weighted by molar-refractivity contribution is -0.139. The van der Waals surface area contributed by atoms with Crippen LogP contribution in [0.15, 0.2) is 24.3 Å². The van der Waals surface area contributed by atoms with Crippen LogP contribution in [0.4, 0.5) is 0 Å². The molecule has 4 heteroatoms. The molecule has 0 fully saturated rings. The summed E-state index contributed by atoms with van der Waals surface area (Å²) in [6.07, 6.45) is 0.296. The number of carboxylic acid groups (broad SMARTS) is 1. The maximum absolute atomic E-state index is 10.8. The fraction of sp³-hybridized carbons (Fsp3) is 0.562. The monoisotopic (exact) mass is 279 g/mol. The van der Waals surface area contributed by atoms with Crippen molar-refractivity contribution >= 4 is 5.97 Å². The van der Waals surface area contributed by atoms with Crippen molar-refractivity contribution in [1.82, 2.24) is 5.32 Å². The molecule has 3 atom stereocenters. The second-order valence-electron chi connectivity index (χ2n) is 5.80. The molecule has 3 N–H and O–H groups in total. The summed E-state index contributed by atoms with van der Waals surface area (Å²) in [5, 5.41) is 22.0. The molecule has 0 bridgehead atoms. The predicted molar refractivity (Wildman–Crippen MR) is 79.6 cm³/mol. The van der Waals surface area contributed by atoms with E-state index in [1.165, 1.54) is 5.56 Å². The molecule has 0 aromatic heterocycles. The van der Waals surface area contributed by atoms with Crippen molar-refractivity contribution in [3.63, 3.8) is 0 Å². The third kappa shape index (κ3) is 4.94. The molecule has 4 nitrogen and oxygen atoms in total. The molecule has 0 saturated heterocycles. The van der Waals surface area contributed by atoms with Gasteiger partial charge in [0.05, 0.1) is 6.10 Å². The lowest BCUT2D eigenvalue weighted by atomic mass is 9.98. The molecular weight excluding hydrogens is 254 g/mol. The van der Waals surface area contributed by atoms with Crippen molar-refractivity contribution in [2.45, 2.75) is 52.3 Å². The van der Waals surface area contributed by atoms with Gasteiger partial charge in [0.25, 0.3) is 0 Å². The number of aliphatic hydroxyl groups is 1. The molecule has 3 unspecified atom stereocenters. The number of hydrogen-bond donors (Lipinski definition) is 3. The number of benzene rings is 1. The van der Waals surface area contributed by atoms with E-state index in [0.29, 0.717) is 5.92 Å². The minimum absolute atomic E-state index is 0.322. The lowest BCUT2D eigenvalue weighted by Crippen LogP contribution is -2.42.